The van der Waals surface area contributed by atoms with Crippen LogP contribution in [0.5, 0.6) is 0 Å². The minimum atomic E-state index is 0.384. The summed E-state index contributed by atoms with van der Waals surface area (Å²) in [6.45, 7) is 4.07. The van der Waals surface area contributed by atoms with Gasteiger partial charge in [-0.3, -0.25) is 0 Å². The monoisotopic (exact) mass is 319 g/mol. The molecule has 0 saturated carbocycles. The first-order valence-electron chi connectivity index (χ1n) is 6.59. The molecule has 106 valence electrons. The van der Waals surface area contributed by atoms with Crippen molar-refractivity contribution in [2.45, 2.75) is 36.8 Å². The molecule has 19 heavy (non-hydrogen) atoms. The molecule has 1 heterocycles. The van der Waals surface area contributed by atoms with Gasteiger partial charge >= 0.3 is 0 Å². The van der Waals surface area contributed by atoms with Crippen LogP contribution in [0.3, 0.4) is 0 Å². The predicted octanol–water partition coefficient (Wildman–Crippen LogP) is 4.24. The Morgan fingerprint density at radius 1 is 1.42 bits per heavy atom. The Bertz CT molecular complexity index is 410. The summed E-state index contributed by atoms with van der Waals surface area (Å²) in [5, 5.41) is 4.74. The van der Waals surface area contributed by atoms with Gasteiger partial charge in [-0.05, 0) is 38.0 Å². The van der Waals surface area contributed by atoms with Crippen LogP contribution in [0.25, 0.3) is 0 Å². The molecular formula is C14H19Cl2NOS. The van der Waals surface area contributed by atoms with Gasteiger partial charge in [0.25, 0.3) is 0 Å². The van der Waals surface area contributed by atoms with E-state index in [0.29, 0.717) is 22.2 Å². The zero-order valence-corrected chi connectivity index (χ0v) is 13.3. The van der Waals surface area contributed by atoms with E-state index in [9.17, 15) is 0 Å². The van der Waals surface area contributed by atoms with Crippen molar-refractivity contribution < 1.29 is 4.74 Å². The van der Waals surface area contributed by atoms with Gasteiger partial charge < -0.3 is 10.1 Å². The van der Waals surface area contributed by atoms with E-state index in [-0.39, 0.29) is 0 Å². The van der Waals surface area contributed by atoms with Crippen LogP contribution in [0.4, 0.5) is 0 Å². The van der Waals surface area contributed by atoms with Gasteiger partial charge in [0.1, 0.15) is 0 Å². The van der Waals surface area contributed by atoms with E-state index >= 15 is 0 Å². The van der Waals surface area contributed by atoms with Gasteiger partial charge in [0.15, 0.2) is 0 Å². The van der Waals surface area contributed by atoms with Crippen molar-refractivity contribution in [3.8, 4) is 0 Å². The standard InChI is InChI=1S/C14H19Cl2NOS/c1-10(14-3-2-7-18-14)17-6-8-19-11-4-5-12(15)13(16)9-11/h4-5,9-10,14,17H,2-3,6-8H2,1H3. The van der Waals surface area contributed by atoms with Gasteiger partial charge in [0, 0.05) is 29.8 Å². The minimum absolute atomic E-state index is 0.384. The van der Waals surface area contributed by atoms with Crippen molar-refractivity contribution in [2.75, 3.05) is 18.9 Å². The maximum atomic E-state index is 5.99. The van der Waals surface area contributed by atoms with Crippen molar-refractivity contribution in [2.24, 2.45) is 0 Å². The normalized spacial score (nSPS) is 20.7. The van der Waals surface area contributed by atoms with Crippen LogP contribution in [0, 0.1) is 0 Å². The van der Waals surface area contributed by atoms with Crippen molar-refractivity contribution in [1.82, 2.24) is 5.32 Å². The zero-order valence-electron chi connectivity index (χ0n) is 11.0. The number of hydrogen-bond donors (Lipinski definition) is 1. The number of benzene rings is 1. The summed E-state index contributed by atoms with van der Waals surface area (Å²) >= 11 is 13.7. The highest BCUT2D eigenvalue weighted by Gasteiger charge is 2.21. The molecule has 0 spiro atoms. The van der Waals surface area contributed by atoms with Gasteiger partial charge in [-0.2, -0.15) is 0 Å². The van der Waals surface area contributed by atoms with Crippen LogP contribution in [-0.4, -0.2) is 31.1 Å². The summed E-state index contributed by atoms with van der Waals surface area (Å²) in [6.07, 6.45) is 2.75. The largest absolute Gasteiger partial charge is 0.377 e. The maximum absolute atomic E-state index is 5.99. The second-order valence-electron chi connectivity index (χ2n) is 4.72. The molecule has 2 nitrogen and oxygen atoms in total. The first kappa shape index (κ1) is 15.5. The summed E-state index contributed by atoms with van der Waals surface area (Å²) in [7, 11) is 0. The summed E-state index contributed by atoms with van der Waals surface area (Å²) < 4.78 is 5.66. The summed E-state index contributed by atoms with van der Waals surface area (Å²) in [4.78, 5) is 1.15. The topological polar surface area (TPSA) is 21.3 Å². The second-order valence-corrected chi connectivity index (χ2v) is 6.70. The fourth-order valence-corrected chi connectivity index (χ4v) is 3.33. The van der Waals surface area contributed by atoms with Gasteiger partial charge in [-0.1, -0.05) is 23.2 Å². The molecule has 1 fully saturated rings. The van der Waals surface area contributed by atoms with E-state index < -0.39 is 0 Å². The van der Waals surface area contributed by atoms with Gasteiger partial charge in [0.2, 0.25) is 0 Å². The highest BCUT2D eigenvalue weighted by Crippen LogP contribution is 2.27. The molecule has 1 aliphatic heterocycles. The molecule has 2 unspecified atom stereocenters. The molecular weight excluding hydrogens is 301 g/mol. The fourth-order valence-electron chi connectivity index (χ4n) is 2.15. The number of ether oxygens (including phenoxy) is 1. The quantitative estimate of drug-likeness (QED) is 0.626. The minimum Gasteiger partial charge on any atom is -0.377 e. The second kappa shape index (κ2) is 7.75. The first-order valence-corrected chi connectivity index (χ1v) is 8.34. The Kier molecular flexibility index (Phi) is 6.30. The lowest BCUT2D eigenvalue weighted by molar-refractivity contribution is 0.0844. The number of thioether (sulfide) groups is 1. The number of nitrogens with one attached hydrogen (secondary N) is 1. The summed E-state index contributed by atoms with van der Waals surface area (Å²) in [6, 6.07) is 6.19. The van der Waals surface area contributed by atoms with Crippen molar-refractivity contribution in [1.29, 1.82) is 0 Å². The number of rotatable bonds is 6. The predicted molar refractivity (Wildman–Crippen MR) is 83.6 cm³/mol. The SMILES string of the molecule is CC(NCCSc1ccc(Cl)c(Cl)c1)C1CCCO1. The highest BCUT2D eigenvalue weighted by atomic mass is 35.5. The van der Waals surface area contributed by atoms with Crippen molar-refractivity contribution in [3.63, 3.8) is 0 Å². The lowest BCUT2D eigenvalue weighted by atomic mass is 10.1. The van der Waals surface area contributed by atoms with Crippen LogP contribution in [0.2, 0.25) is 10.0 Å². The van der Waals surface area contributed by atoms with E-state index in [4.69, 9.17) is 27.9 Å². The number of hydrogen-bond acceptors (Lipinski definition) is 3. The smallest absolute Gasteiger partial charge is 0.0726 e. The molecule has 0 aliphatic carbocycles. The Balaban J connectivity index is 1.67. The van der Waals surface area contributed by atoms with Gasteiger partial charge in [-0.25, -0.2) is 0 Å². The Labute approximate surface area is 129 Å². The van der Waals surface area contributed by atoms with E-state index in [0.717, 1.165) is 23.8 Å². The molecule has 0 radical (unpaired) electrons. The Morgan fingerprint density at radius 3 is 2.95 bits per heavy atom. The lowest BCUT2D eigenvalue weighted by Crippen LogP contribution is -2.38. The maximum Gasteiger partial charge on any atom is 0.0726 e. The Morgan fingerprint density at radius 2 is 2.26 bits per heavy atom. The molecule has 2 atom stereocenters. The van der Waals surface area contributed by atoms with Crippen LogP contribution < -0.4 is 5.32 Å². The van der Waals surface area contributed by atoms with E-state index in [1.807, 2.05) is 18.2 Å². The zero-order chi connectivity index (χ0) is 13.7. The molecule has 5 heteroatoms. The average molecular weight is 320 g/mol. The van der Waals surface area contributed by atoms with E-state index in [1.54, 1.807) is 11.8 Å². The van der Waals surface area contributed by atoms with Crippen LogP contribution in [0.1, 0.15) is 19.8 Å². The third-order valence-electron chi connectivity index (χ3n) is 3.25. The molecule has 1 saturated heterocycles. The molecule has 0 amide bonds. The lowest BCUT2D eigenvalue weighted by Gasteiger charge is -2.19. The third kappa shape index (κ3) is 4.83. The highest BCUT2D eigenvalue weighted by molar-refractivity contribution is 7.99. The number of halogens is 2. The van der Waals surface area contributed by atoms with Gasteiger partial charge in [0.05, 0.1) is 16.1 Å². The molecule has 1 aromatic carbocycles. The first-order chi connectivity index (χ1) is 9.16. The summed E-state index contributed by atoms with van der Waals surface area (Å²) in [5.74, 6) is 1.01. The third-order valence-corrected chi connectivity index (χ3v) is 4.99. The van der Waals surface area contributed by atoms with Crippen LogP contribution >= 0.6 is 35.0 Å². The van der Waals surface area contributed by atoms with Crippen LogP contribution in [-0.2, 0) is 4.74 Å². The van der Waals surface area contributed by atoms with Crippen LogP contribution in [0.15, 0.2) is 23.1 Å². The van der Waals surface area contributed by atoms with Gasteiger partial charge in [-0.15, -0.1) is 11.8 Å². The van der Waals surface area contributed by atoms with Crippen molar-refractivity contribution in [3.05, 3.63) is 28.2 Å². The molecule has 1 aliphatic rings. The van der Waals surface area contributed by atoms with Crippen molar-refractivity contribution >= 4 is 35.0 Å². The van der Waals surface area contributed by atoms with E-state index in [1.165, 1.54) is 12.8 Å². The fraction of sp³-hybridized carbons (Fsp3) is 0.571. The molecule has 1 N–H and O–H groups in total. The molecule has 0 bridgehead atoms. The Hall–Kier alpha value is 0.0700. The summed E-state index contributed by atoms with van der Waals surface area (Å²) in [5.41, 5.74) is 0. The molecule has 0 aromatic heterocycles. The molecule has 1 aromatic rings. The molecule has 2 rings (SSSR count). The average Bonchev–Trinajstić information content (AvgIpc) is 2.92. The van der Waals surface area contributed by atoms with E-state index in [2.05, 4.69) is 12.2 Å².